The van der Waals surface area contributed by atoms with Gasteiger partial charge in [0.1, 0.15) is 12.2 Å². The fourth-order valence-electron chi connectivity index (χ4n) is 6.30. The Balaban J connectivity index is 1.74. The molecule has 1 aliphatic heterocycles. The van der Waals surface area contributed by atoms with E-state index in [-0.39, 0.29) is 17.0 Å². The van der Waals surface area contributed by atoms with E-state index in [4.69, 9.17) is 0 Å². The summed E-state index contributed by atoms with van der Waals surface area (Å²) in [6.07, 6.45) is 3.44. The molecule has 1 N–H and O–H groups in total. The number of amides is 1. The second-order valence-electron chi connectivity index (χ2n) is 9.20. The zero-order valence-electron chi connectivity index (χ0n) is 17.5. The number of aromatic nitrogens is 1. The summed E-state index contributed by atoms with van der Waals surface area (Å²) < 4.78 is 1.71. The molecule has 3 aliphatic rings. The number of aromatic hydroxyl groups is 1. The quantitative estimate of drug-likeness (QED) is 0.666. The van der Waals surface area contributed by atoms with E-state index in [0.29, 0.717) is 6.67 Å². The van der Waals surface area contributed by atoms with Gasteiger partial charge >= 0.3 is 0 Å². The van der Waals surface area contributed by atoms with Gasteiger partial charge in [-0.05, 0) is 35.1 Å². The zero-order valence-corrected chi connectivity index (χ0v) is 17.5. The highest BCUT2D eigenvalue weighted by Crippen LogP contribution is 2.63. The van der Waals surface area contributed by atoms with Gasteiger partial charge in [-0.25, -0.2) is 0 Å². The SMILES string of the molecule is CN1CN(C23c4ccccc4CC2(C)Cc2ccccc23)n2ccc(=O)c(O)c2C1=O. The first-order chi connectivity index (χ1) is 14.9. The minimum absolute atomic E-state index is 0.0201. The maximum atomic E-state index is 13.0. The van der Waals surface area contributed by atoms with E-state index in [0.717, 1.165) is 12.8 Å². The molecular weight excluding hydrogens is 390 g/mol. The fourth-order valence-corrected chi connectivity index (χ4v) is 6.30. The van der Waals surface area contributed by atoms with Crippen LogP contribution in [0, 0.1) is 5.41 Å². The van der Waals surface area contributed by atoms with Gasteiger partial charge in [0.05, 0.1) is 0 Å². The van der Waals surface area contributed by atoms with Crippen LogP contribution in [0.2, 0.25) is 0 Å². The number of hydrogen-bond acceptors (Lipinski definition) is 4. The lowest BCUT2D eigenvalue weighted by Gasteiger charge is -2.53. The van der Waals surface area contributed by atoms with Crippen molar-refractivity contribution in [2.75, 3.05) is 18.7 Å². The molecule has 1 amide bonds. The highest BCUT2D eigenvalue weighted by Gasteiger charge is 2.64. The molecule has 1 aromatic heterocycles. The summed E-state index contributed by atoms with van der Waals surface area (Å²) in [5.74, 6) is -0.859. The summed E-state index contributed by atoms with van der Waals surface area (Å²) in [7, 11) is 1.71. The van der Waals surface area contributed by atoms with Gasteiger partial charge in [-0.1, -0.05) is 55.5 Å². The molecule has 0 unspecified atom stereocenters. The molecule has 0 radical (unpaired) electrons. The third-order valence-corrected chi connectivity index (χ3v) is 7.45. The maximum absolute atomic E-state index is 13.0. The number of carbonyl (C=O) groups is 1. The second kappa shape index (κ2) is 5.78. The predicted molar refractivity (Wildman–Crippen MR) is 117 cm³/mol. The van der Waals surface area contributed by atoms with Crippen molar-refractivity contribution >= 4 is 5.91 Å². The molecule has 6 nitrogen and oxygen atoms in total. The Hall–Kier alpha value is -3.54. The van der Waals surface area contributed by atoms with Crippen LogP contribution < -0.4 is 10.4 Å². The van der Waals surface area contributed by atoms with Crippen molar-refractivity contribution in [3.05, 3.63) is 99.0 Å². The Morgan fingerprint density at radius 3 is 2.10 bits per heavy atom. The van der Waals surface area contributed by atoms with Gasteiger partial charge < -0.3 is 10.0 Å². The Bertz CT molecular complexity index is 1280. The van der Waals surface area contributed by atoms with Crippen LogP contribution in [0.4, 0.5) is 0 Å². The van der Waals surface area contributed by atoms with E-state index >= 15 is 0 Å². The smallest absolute Gasteiger partial charge is 0.277 e. The van der Waals surface area contributed by atoms with Crippen LogP contribution in [0.3, 0.4) is 0 Å². The molecule has 0 atom stereocenters. The molecule has 2 aromatic carbocycles. The molecule has 0 saturated heterocycles. The van der Waals surface area contributed by atoms with Gasteiger partial charge in [0, 0.05) is 24.7 Å². The molecular formula is C25H23N3O3. The molecule has 0 bridgehead atoms. The second-order valence-corrected chi connectivity index (χ2v) is 9.20. The minimum atomic E-state index is -0.547. The Labute approximate surface area is 179 Å². The van der Waals surface area contributed by atoms with Crippen molar-refractivity contribution in [1.29, 1.82) is 0 Å². The number of rotatable bonds is 1. The van der Waals surface area contributed by atoms with Crippen LogP contribution in [0.15, 0.2) is 65.6 Å². The molecule has 3 aromatic rings. The van der Waals surface area contributed by atoms with Crippen LogP contribution >= 0.6 is 0 Å². The van der Waals surface area contributed by atoms with Crippen molar-refractivity contribution < 1.29 is 9.90 Å². The van der Waals surface area contributed by atoms with Crippen LogP contribution in [-0.4, -0.2) is 34.3 Å². The Kier molecular flexibility index (Phi) is 3.40. The standard InChI is InChI=1S/C25H23N3O3/c1-24-13-16-7-3-5-9-18(16)25(24,19-10-6-4-8-17(19)14-24)28-15-26(2)23(31)21-22(30)20(29)11-12-27(21)28/h3-12,30H,13-15H2,1-2H3. The lowest BCUT2D eigenvalue weighted by atomic mass is 9.71. The Morgan fingerprint density at radius 2 is 1.48 bits per heavy atom. The van der Waals surface area contributed by atoms with Gasteiger partial charge in [0.15, 0.2) is 11.4 Å². The van der Waals surface area contributed by atoms with Crippen molar-refractivity contribution in [3.8, 4) is 5.75 Å². The lowest BCUT2D eigenvalue weighted by molar-refractivity contribution is 0.0660. The number of hydrogen-bond donors (Lipinski definition) is 1. The number of carbonyl (C=O) groups excluding carboxylic acids is 1. The molecule has 2 heterocycles. The van der Waals surface area contributed by atoms with E-state index in [1.807, 2.05) is 0 Å². The molecule has 2 aliphatic carbocycles. The minimum Gasteiger partial charge on any atom is -0.502 e. The molecule has 6 heteroatoms. The lowest BCUT2D eigenvalue weighted by Crippen LogP contribution is -2.64. The number of pyridine rings is 1. The van der Waals surface area contributed by atoms with Gasteiger partial charge in [-0.15, -0.1) is 0 Å². The van der Waals surface area contributed by atoms with Gasteiger partial charge in [-0.2, -0.15) is 0 Å². The van der Waals surface area contributed by atoms with Gasteiger partial charge in [0.25, 0.3) is 5.91 Å². The van der Waals surface area contributed by atoms with E-state index in [9.17, 15) is 14.7 Å². The fraction of sp³-hybridized carbons (Fsp3) is 0.280. The maximum Gasteiger partial charge on any atom is 0.277 e. The number of fused-ring (bicyclic) bond motifs is 6. The van der Waals surface area contributed by atoms with E-state index in [2.05, 4.69) is 60.5 Å². The monoisotopic (exact) mass is 413 g/mol. The summed E-state index contributed by atoms with van der Waals surface area (Å²) in [6, 6.07) is 18.3. The summed E-state index contributed by atoms with van der Waals surface area (Å²) in [5.41, 5.74) is 3.81. The summed E-state index contributed by atoms with van der Waals surface area (Å²) >= 11 is 0. The predicted octanol–water partition coefficient (Wildman–Crippen LogP) is 2.60. The average Bonchev–Trinajstić information content (AvgIpc) is 3.16. The van der Waals surface area contributed by atoms with Crippen LogP contribution in [0.25, 0.3) is 0 Å². The topological polar surface area (TPSA) is 65.8 Å². The first kappa shape index (κ1) is 18.2. The third-order valence-electron chi connectivity index (χ3n) is 7.45. The van der Waals surface area contributed by atoms with Crippen molar-refractivity contribution in [2.45, 2.75) is 25.3 Å². The van der Waals surface area contributed by atoms with Crippen LogP contribution in [-0.2, 0) is 18.4 Å². The van der Waals surface area contributed by atoms with Crippen LogP contribution in [0.1, 0.15) is 39.7 Å². The van der Waals surface area contributed by atoms with Crippen molar-refractivity contribution in [1.82, 2.24) is 9.58 Å². The highest BCUT2D eigenvalue weighted by molar-refractivity contribution is 5.96. The summed E-state index contributed by atoms with van der Waals surface area (Å²) in [6.45, 7) is 2.65. The van der Waals surface area contributed by atoms with E-state index in [1.54, 1.807) is 22.8 Å². The van der Waals surface area contributed by atoms with Crippen molar-refractivity contribution in [3.63, 3.8) is 0 Å². The van der Waals surface area contributed by atoms with Gasteiger partial charge in [-0.3, -0.25) is 19.3 Å². The van der Waals surface area contributed by atoms with E-state index in [1.165, 1.54) is 28.3 Å². The molecule has 0 spiro atoms. The molecule has 6 rings (SSSR count). The van der Waals surface area contributed by atoms with Gasteiger partial charge in [0.2, 0.25) is 5.43 Å². The molecule has 156 valence electrons. The van der Waals surface area contributed by atoms with E-state index < -0.39 is 16.7 Å². The first-order valence-electron chi connectivity index (χ1n) is 10.5. The number of benzene rings is 2. The zero-order chi connectivity index (χ0) is 21.5. The summed E-state index contributed by atoms with van der Waals surface area (Å²) in [5, 5.41) is 12.7. The highest BCUT2D eigenvalue weighted by atomic mass is 16.3. The number of nitrogens with zero attached hydrogens (tertiary/aromatic N) is 3. The molecule has 0 fully saturated rings. The van der Waals surface area contributed by atoms with Crippen LogP contribution in [0.5, 0.6) is 5.75 Å². The third kappa shape index (κ3) is 2.02. The Morgan fingerprint density at radius 1 is 0.903 bits per heavy atom. The average molecular weight is 413 g/mol. The summed E-state index contributed by atoms with van der Waals surface area (Å²) in [4.78, 5) is 26.8. The molecule has 31 heavy (non-hydrogen) atoms. The largest absolute Gasteiger partial charge is 0.502 e. The normalized spacial score (nSPS) is 25.8. The first-order valence-corrected chi connectivity index (χ1v) is 10.5. The molecule has 0 saturated carbocycles. The van der Waals surface area contributed by atoms with Crippen molar-refractivity contribution in [2.24, 2.45) is 5.41 Å².